The minimum atomic E-state index is -3.94. The molecular weight excluding hydrogens is 630 g/mol. The van der Waals surface area contributed by atoms with Crippen molar-refractivity contribution in [1.29, 1.82) is 0 Å². The van der Waals surface area contributed by atoms with Crippen molar-refractivity contribution in [2.75, 3.05) is 17.5 Å². The zero-order valence-corrected chi connectivity index (χ0v) is 26.4. The SMILES string of the molecule is CCC(CN(c1ccccc1F)S(=O)(=O)C1CC1)N1C(=O)[C@H](C[C@H](O)CO)O[C@H](c2cccc(Cl)c2)[C@H]1c1ccc(Cl)cc1. The Hall–Kier alpha value is -2.73. The third-order valence-electron chi connectivity index (χ3n) is 8.13. The summed E-state index contributed by atoms with van der Waals surface area (Å²) in [6, 6.07) is 18.2. The summed E-state index contributed by atoms with van der Waals surface area (Å²) in [5.41, 5.74) is 1.25. The summed E-state index contributed by atoms with van der Waals surface area (Å²) in [6.45, 7) is 1.05. The number of nitrogens with zero attached hydrogens (tertiary/aromatic N) is 2. The fraction of sp³-hybridized carbons (Fsp3) is 0.406. The molecule has 0 bridgehead atoms. The number of hydrogen-bond acceptors (Lipinski definition) is 6. The molecule has 2 aliphatic rings. The molecule has 1 amide bonds. The molecule has 5 atom stereocenters. The second-order valence-electron chi connectivity index (χ2n) is 11.2. The Bertz CT molecular complexity index is 1570. The second kappa shape index (κ2) is 13.7. The molecule has 12 heteroatoms. The molecule has 3 aromatic rings. The van der Waals surface area contributed by atoms with E-state index in [1.54, 1.807) is 53.4 Å². The molecule has 1 aliphatic heterocycles. The van der Waals surface area contributed by atoms with Crippen molar-refractivity contribution in [3.63, 3.8) is 0 Å². The number of benzene rings is 3. The highest BCUT2D eigenvalue weighted by molar-refractivity contribution is 7.93. The zero-order chi connectivity index (χ0) is 31.6. The number of carbonyl (C=O) groups is 1. The molecule has 2 N–H and O–H groups in total. The fourth-order valence-corrected chi connectivity index (χ4v) is 7.95. The first-order valence-electron chi connectivity index (χ1n) is 14.6. The number of morpholine rings is 1. The fourth-order valence-electron chi connectivity index (χ4n) is 5.73. The van der Waals surface area contributed by atoms with E-state index in [1.165, 1.54) is 18.2 Å². The molecule has 236 valence electrons. The van der Waals surface area contributed by atoms with Crippen LogP contribution >= 0.6 is 23.2 Å². The third kappa shape index (κ3) is 6.90. The van der Waals surface area contributed by atoms with Crippen LogP contribution in [0.1, 0.15) is 55.9 Å². The minimum Gasteiger partial charge on any atom is -0.394 e. The average Bonchev–Trinajstić information content (AvgIpc) is 3.86. The van der Waals surface area contributed by atoms with Crippen LogP contribution in [0.2, 0.25) is 10.0 Å². The van der Waals surface area contributed by atoms with Crippen molar-refractivity contribution in [1.82, 2.24) is 4.90 Å². The van der Waals surface area contributed by atoms with E-state index in [1.807, 2.05) is 13.0 Å². The number of ether oxygens (including phenoxy) is 1. The number of halogens is 3. The second-order valence-corrected chi connectivity index (χ2v) is 14.2. The summed E-state index contributed by atoms with van der Waals surface area (Å²) in [6.07, 6.45) is -2.11. The number of carbonyl (C=O) groups excluding carboxylic acids is 1. The Morgan fingerprint density at radius 2 is 1.73 bits per heavy atom. The molecule has 3 aromatic carbocycles. The van der Waals surface area contributed by atoms with Gasteiger partial charge in [-0.1, -0.05) is 66.5 Å². The van der Waals surface area contributed by atoms with Crippen LogP contribution < -0.4 is 4.31 Å². The summed E-state index contributed by atoms with van der Waals surface area (Å²) < 4.78 is 50.2. The van der Waals surface area contributed by atoms with Crippen molar-refractivity contribution in [3.05, 3.63) is 99.8 Å². The number of aliphatic hydroxyl groups excluding tert-OH is 2. The van der Waals surface area contributed by atoms with Gasteiger partial charge in [-0.2, -0.15) is 0 Å². The van der Waals surface area contributed by atoms with E-state index in [0.717, 1.165) is 4.31 Å². The van der Waals surface area contributed by atoms with Gasteiger partial charge in [0.25, 0.3) is 5.91 Å². The van der Waals surface area contributed by atoms with Gasteiger partial charge in [0.15, 0.2) is 0 Å². The van der Waals surface area contributed by atoms with Crippen molar-refractivity contribution in [2.45, 2.75) is 68.3 Å². The van der Waals surface area contributed by atoms with Crippen LogP contribution in [0.3, 0.4) is 0 Å². The molecule has 0 aromatic heterocycles. The predicted octanol–water partition coefficient (Wildman–Crippen LogP) is 5.66. The van der Waals surface area contributed by atoms with E-state index in [9.17, 15) is 23.4 Å². The smallest absolute Gasteiger partial charge is 0.252 e. The number of rotatable bonds is 12. The standard InChI is InChI=1S/C32H35Cl2FN2O6S/c1-2-24(18-36(44(41,42)26-14-15-26)28-9-4-3-8-27(28)35)37-30(20-10-12-22(33)13-11-20)31(21-6-5-7-23(34)16-21)43-29(32(37)40)17-25(39)19-38/h3-13,16,24-26,29-31,38-39H,2,14-15,17-19H2,1H3/t24?,25-,29-,30+,31+/m0/s1. The summed E-state index contributed by atoms with van der Waals surface area (Å²) in [7, 11) is -3.94. The van der Waals surface area contributed by atoms with E-state index in [4.69, 9.17) is 27.9 Å². The lowest BCUT2D eigenvalue weighted by atomic mass is 9.89. The van der Waals surface area contributed by atoms with Gasteiger partial charge in [0, 0.05) is 16.5 Å². The first-order valence-corrected chi connectivity index (χ1v) is 16.8. The van der Waals surface area contributed by atoms with Gasteiger partial charge in [0.1, 0.15) is 18.0 Å². The lowest BCUT2D eigenvalue weighted by molar-refractivity contribution is -0.183. The maximum absolute atomic E-state index is 15.2. The lowest BCUT2D eigenvalue weighted by Gasteiger charge is -2.49. The molecular formula is C32H35Cl2FN2O6S. The van der Waals surface area contributed by atoms with Crippen LogP contribution in [0, 0.1) is 5.82 Å². The Morgan fingerprint density at radius 1 is 1.02 bits per heavy atom. The quantitative estimate of drug-likeness (QED) is 0.259. The van der Waals surface area contributed by atoms with E-state index < -0.39 is 64.0 Å². The van der Waals surface area contributed by atoms with Crippen molar-refractivity contribution < 1.29 is 32.6 Å². The summed E-state index contributed by atoms with van der Waals surface area (Å²) >= 11 is 12.6. The Balaban J connectivity index is 1.65. The van der Waals surface area contributed by atoms with Gasteiger partial charge in [0.05, 0.1) is 42.3 Å². The van der Waals surface area contributed by atoms with E-state index in [2.05, 4.69) is 0 Å². The minimum absolute atomic E-state index is 0.0831. The van der Waals surface area contributed by atoms with Crippen molar-refractivity contribution in [3.8, 4) is 0 Å². The molecule has 8 nitrogen and oxygen atoms in total. The molecule has 2 fully saturated rings. The average molecular weight is 666 g/mol. The first kappa shape index (κ1) is 32.7. The van der Waals surface area contributed by atoms with Crippen LogP contribution in [0.15, 0.2) is 72.8 Å². The van der Waals surface area contributed by atoms with Crippen LogP contribution in [0.25, 0.3) is 0 Å². The number of para-hydroxylation sites is 1. The van der Waals surface area contributed by atoms with Gasteiger partial charge in [-0.3, -0.25) is 9.10 Å². The van der Waals surface area contributed by atoms with E-state index >= 15 is 4.39 Å². The summed E-state index contributed by atoms with van der Waals surface area (Å²) in [4.78, 5) is 16.0. The predicted molar refractivity (Wildman–Crippen MR) is 168 cm³/mol. The van der Waals surface area contributed by atoms with Gasteiger partial charge >= 0.3 is 0 Å². The maximum Gasteiger partial charge on any atom is 0.252 e. The Morgan fingerprint density at radius 3 is 2.34 bits per heavy atom. The highest BCUT2D eigenvalue weighted by atomic mass is 35.5. The van der Waals surface area contributed by atoms with Crippen molar-refractivity contribution >= 4 is 44.8 Å². The summed E-state index contributed by atoms with van der Waals surface area (Å²) in [5, 5.41) is 20.3. The van der Waals surface area contributed by atoms with Gasteiger partial charge in [0.2, 0.25) is 10.0 Å². The Kier molecular flexibility index (Phi) is 10.2. The molecule has 5 rings (SSSR count). The molecule has 1 saturated heterocycles. The topological polar surface area (TPSA) is 107 Å². The van der Waals surface area contributed by atoms with Gasteiger partial charge in [-0.05, 0) is 66.8 Å². The molecule has 1 heterocycles. The van der Waals surface area contributed by atoms with Crippen LogP contribution in [0.5, 0.6) is 0 Å². The largest absolute Gasteiger partial charge is 0.394 e. The van der Waals surface area contributed by atoms with E-state index in [-0.39, 0.29) is 18.7 Å². The maximum atomic E-state index is 15.2. The third-order valence-corrected chi connectivity index (χ3v) is 10.9. The number of aliphatic hydroxyl groups is 2. The highest BCUT2D eigenvalue weighted by Gasteiger charge is 2.49. The molecule has 0 spiro atoms. The van der Waals surface area contributed by atoms with Crippen LogP contribution in [0.4, 0.5) is 10.1 Å². The highest BCUT2D eigenvalue weighted by Crippen LogP contribution is 2.45. The van der Waals surface area contributed by atoms with Crippen molar-refractivity contribution in [2.24, 2.45) is 0 Å². The number of anilines is 1. The summed E-state index contributed by atoms with van der Waals surface area (Å²) in [5.74, 6) is -1.17. The van der Waals surface area contributed by atoms with Crippen LogP contribution in [-0.4, -0.2) is 66.1 Å². The van der Waals surface area contributed by atoms with Gasteiger partial charge in [-0.15, -0.1) is 0 Å². The van der Waals surface area contributed by atoms with Gasteiger partial charge in [-0.25, -0.2) is 12.8 Å². The molecule has 44 heavy (non-hydrogen) atoms. The van der Waals surface area contributed by atoms with Gasteiger partial charge < -0.3 is 19.8 Å². The van der Waals surface area contributed by atoms with Crippen LogP contribution in [-0.2, 0) is 19.6 Å². The molecule has 0 radical (unpaired) electrons. The monoisotopic (exact) mass is 664 g/mol. The molecule has 1 saturated carbocycles. The first-order chi connectivity index (χ1) is 21.0. The van der Waals surface area contributed by atoms with E-state index in [0.29, 0.717) is 40.4 Å². The normalized spacial score (nSPS) is 22.1. The number of hydrogen-bond donors (Lipinski definition) is 2. The number of amides is 1. The zero-order valence-electron chi connectivity index (χ0n) is 24.1. The lowest BCUT2D eigenvalue weighted by Crippen LogP contribution is -2.58. The Labute approximate surface area is 267 Å². The molecule has 1 aliphatic carbocycles. The number of sulfonamides is 1. The molecule has 1 unspecified atom stereocenters.